The van der Waals surface area contributed by atoms with Crippen LogP contribution in [0.3, 0.4) is 0 Å². The van der Waals surface area contributed by atoms with E-state index in [9.17, 15) is 4.79 Å². The van der Waals surface area contributed by atoms with Crippen LogP contribution in [0.25, 0.3) is 0 Å². The van der Waals surface area contributed by atoms with Crippen molar-refractivity contribution in [2.75, 3.05) is 6.54 Å². The summed E-state index contributed by atoms with van der Waals surface area (Å²) in [5.41, 5.74) is 6.70. The van der Waals surface area contributed by atoms with Crippen molar-refractivity contribution in [1.82, 2.24) is 4.90 Å². The van der Waals surface area contributed by atoms with E-state index in [4.69, 9.17) is 11.0 Å². The van der Waals surface area contributed by atoms with E-state index in [1.54, 1.807) is 4.90 Å². The van der Waals surface area contributed by atoms with Gasteiger partial charge in [-0.15, -0.1) is 0 Å². The molecule has 0 aromatic heterocycles. The second-order valence-electron chi connectivity index (χ2n) is 4.34. The Morgan fingerprint density at radius 1 is 1.47 bits per heavy atom. The molecule has 4 nitrogen and oxygen atoms in total. The number of rotatable bonds is 4. The van der Waals surface area contributed by atoms with Gasteiger partial charge in [-0.1, -0.05) is 30.3 Å². The van der Waals surface area contributed by atoms with Crippen molar-refractivity contribution in [3.63, 3.8) is 0 Å². The van der Waals surface area contributed by atoms with Crippen LogP contribution < -0.4 is 5.73 Å². The van der Waals surface area contributed by atoms with E-state index in [1.165, 1.54) is 0 Å². The van der Waals surface area contributed by atoms with Gasteiger partial charge in [-0.25, -0.2) is 0 Å². The molecule has 2 rings (SSSR count). The second kappa shape index (κ2) is 4.98. The number of carbonyl (C=O) groups is 1. The number of nitriles is 1. The number of hydrogen-bond acceptors (Lipinski definition) is 3. The zero-order chi connectivity index (χ0) is 12.3. The summed E-state index contributed by atoms with van der Waals surface area (Å²) in [5, 5.41) is 8.76. The molecule has 0 aliphatic heterocycles. The van der Waals surface area contributed by atoms with Crippen molar-refractivity contribution in [3.05, 3.63) is 35.9 Å². The minimum atomic E-state index is -0.0768. The number of benzene rings is 1. The highest BCUT2D eigenvalue weighted by Gasteiger charge is 2.42. The standard InChI is InChI=1S/C13H15N3O/c14-6-7-16(13(17)11-8-12(11)15)9-10-4-2-1-3-5-10/h1-5,11-12H,7-9,15H2. The Morgan fingerprint density at radius 3 is 2.65 bits per heavy atom. The molecule has 2 N–H and O–H groups in total. The Balaban J connectivity index is 2.03. The maximum Gasteiger partial charge on any atom is 0.228 e. The lowest BCUT2D eigenvalue weighted by Crippen LogP contribution is -2.33. The Morgan fingerprint density at radius 2 is 2.12 bits per heavy atom. The average Bonchev–Trinajstić information content (AvgIpc) is 3.06. The lowest BCUT2D eigenvalue weighted by atomic mass is 10.2. The zero-order valence-corrected chi connectivity index (χ0v) is 9.54. The summed E-state index contributed by atoms with van der Waals surface area (Å²) >= 11 is 0. The molecule has 1 amide bonds. The van der Waals surface area contributed by atoms with Gasteiger partial charge in [0, 0.05) is 12.6 Å². The summed E-state index contributed by atoms with van der Waals surface area (Å²) in [4.78, 5) is 13.6. The predicted molar refractivity (Wildman–Crippen MR) is 63.6 cm³/mol. The van der Waals surface area contributed by atoms with Gasteiger partial charge in [-0.05, 0) is 12.0 Å². The molecule has 0 bridgehead atoms. The molecule has 4 heteroatoms. The average molecular weight is 229 g/mol. The molecule has 0 spiro atoms. The number of amides is 1. The van der Waals surface area contributed by atoms with Gasteiger partial charge in [0.05, 0.1) is 12.0 Å². The molecule has 88 valence electrons. The predicted octanol–water partition coefficient (Wildman–Crippen LogP) is 0.886. The van der Waals surface area contributed by atoms with Gasteiger partial charge in [0.2, 0.25) is 5.91 Å². The highest BCUT2D eigenvalue weighted by molar-refractivity contribution is 5.82. The van der Waals surface area contributed by atoms with E-state index >= 15 is 0 Å². The molecule has 1 aromatic rings. The summed E-state index contributed by atoms with van der Waals surface area (Å²) in [5.74, 6) is -0.0741. The monoisotopic (exact) mass is 229 g/mol. The normalized spacial score (nSPS) is 21.6. The third-order valence-corrected chi connectivity index (χ3v) is 2.95. The van der Waals surface area contributed by atoms with E-state index in [0.29, 0.717) is 6.54 Å². The number of carbonyl (C=O) groups excluding carboxylic acids is 1. The summed E-state index contributed by atoms with van der Waals surface area (Å²) in [6.45, 7) is 0.605. The summed E-state index contributed by atoms with van der Waals surface area (Å²) < 4.78 is 0. The van der Waals surface area contributed by atoms with Crippen LogP contribution in [0.4, 0.5) is 0 Å². The van der Waals surface area contributed by atoms with Crippen molar-refractivity contribution in [3.8, 4) is 6.07 Å². The first kappa shape index (κ1) is 11.6. The molecule has 0 saturated heterocycles. The molecule has 2 unspecified atom stereocenters. The van der Waals surface area contributed by atoms with Crippen LogP contribution >= 0.6 is 0 Å². The maximum absolute atomic E-state index is 12.0. The van der Waals surface area contributed by atoms with Crippen LogP contribution in [0.15, 0.2) is 30.3 Å². The summed E-state index contributed by atoms with van der Waals surface area (Å²) in [7, 11) is 0. The summed E-state index contributed by atoms with van der Waals surface area (Å²) in [6.07, 6.45) is 0.746. The van der Waals surface area contributed by atoms with Gasteiger partial charge in [-0.3, -0.25) is 4.79 Å². The lowest BCUT2D eigenvalue weighted by molar-refractivity contribution is -0.132. The highest BCUT2D eigenvalue weighted by Crippen LogP contribution is 2.30. The quantitative estimate of drug-likeness (QED) is 0.779. The van der Waals surface area contributed by atoms with Crippen molar-refractivity contribution < 1.29 is 4.79 Å². The Kier molecular flexibility index (Phi) is 3.40. The third kappa shape index (κ3) is 2.83. The number of hydrogen-bond donors (Lipinski definition) is 1. The van der Waals surface area contributed by atoms with E-state index < -0.39 is 0 Å². The molecule has 1 saturated carbocycles. The van der Waals surface area contributed by atoms with Crippen molar-refractivity contribution in [2.24, 2.45) is 11.7 Å². The van der Waals surface area contributed by atoms with Crippen LogP contribution in [-0.2, 0) is 11.3 Å². The van der Waals surface area contributed by atoms with Crippen LogP contribution in [0.5, 0.6) is 0 Å². The largest absolute Gasteiger partial charge is 0.327 e. The molecule has 17 heavy (non-hydrogen) atoms. The minimum absolute atomic E-state index is 0.00269. The Hall–Kier alpha value is -1.86. The van der Waals surface area contributed by atoms with Crippen LogP contribution in [0.2, 0.25) is 0 Å². The lowest BCUT2D eigenvalue weighted by Gasteiger charge is -2.19. The van der Waals surface area contributed by atoms with Gasteiger partial charge in [0.15, 0.2) is 0 Å². The highest BCUT2D eigenvalue weighted by atomic mass is 16.2. The smallest absolute Gasteiger partial charge is 0.228 e. The van der Waals surface area contributed by atoms with Gasteiger partial charge >= 0.3 is 0 Å². The van der Waals surface area contributed by atoms with Crippen molar-refractivity contribution >= 4 is 5.91 Å². The summed E-state index contributed by atoms with van der Waals surface area (Å²) in [6, 6.07) is 11.7. The Bertz CT molecular complexity index is 438. The van der Waals surface area contributed by atoms with Gasteiger partial charge in [0.1, 0.15) is 6.54 Å². The second-order valence-corrected chi connectivity index (χ2v) is 4.34. The number of nitrogens with two attached hydrogens (primary N) is 1. The molecular formula is C13H15N3O. The van der Waals surface area contributed by atoms with E-state index in [2.05, 4.69) is 0 Å². The van der Waals surface area contributed by atoms with E-state index in [1.807, 2.05) is 36.4 Å². The molecule has 1 aliphatic rings. The third-order valence-electron chi connectivity index (χ3n) is 2.95. The fourth-order valence-electron chi connectivity index (χ4n) is 1.83. The molecular weight excluding hydrogens is 214 g/mol. The maximum atomic E-state index is 12.0. The number of nitrogens with zero attached hydrogens (tertiary/aromatic N) is 2. The fraction of sp³-hybridized carbons (Fsp3) is 0.385. The first-order valence-electron chi connectivity index (χ1n) is 5.67. The molecule has 1 fully saturated rings. The van der Waals surface area contributed by atoms with Crippen LogP contribution in [0, 0.1) is 17.2 Å². The fourth-order valence-corrected chi connectivity index (χ4v) is 1.83. The van der Waals surface area contributed by atoms with Crippen LogP contribution in [-0.4, -0.2) is 23.4 Å². The van der Waals surface area contributed by atoms with Crippen LogP contribution in [0.1, 0.15) is 12.0 Å². The molecule has 0 heterocycles. The Labute approximate surface area is 101 Å². The zero-order valence-electron chi connectivity index (χ0n) is 9.54. The first-order chi connectivity index (χ1) is 8.22. The van der Waals surface area contributed by atoms with Gasteiger partial charge < -0.3 is 10.6 Å². The molecule has 1 aromatic carbocycles. The molecule has 2 atom stereocenters. The SMILES string of the molecule is N#CCN(Cc1ccccc1)C(=O)C1CC1N. The van der Waals surface area contributed by atoms with Gasteiger partial charge in [-0.2, -0.15) is 5.26 Å². The van der Waals surface area contributed by atoms with Gasteiger partial charge in [0.25, 0.3) is 0 Å². The topological polar surface area (TPSA) is 70.1 Å². The first-order valence-corrected chi connectivity index (χ1v) is 5.67. The molecule has 0 radical (unpaired) electrons. The minimum Gasteiger partial charge on any atom is -0.327 e. The molecule has 1 aliphatic carbocycles. The van der Waals surface area contributed by atoms with Crippen molar-refractivity contribution in [1.29, 1.82) is 5.26 Å². The van der Waals surface area contributed by atoms with E-state index in [-0.39, 0.29) is 24.4 Å². The van der Waals surface area contributed by atoms with E-state index in [0.717, 1.165) is 12.0 Å². The van der Waals surface area contributed by atoms with Crippen molar-refractivity contribution in [2.45, 2.75) is 19.0 Å².